The number of morpholine rings is 1. The van der Waals surface area contributed by atoms with Gasteiger partial charge in [-0.2, -0.15) is 0 Å². The molecule has 0 amide bonds. The van der Waals surface area contributed by atoms with Gasteiger partial charge < -0.3 is 19.7 Å². The van der Waals surface area contributed by atoms with E-state index in [4.69, 9.17) is 9.47 Å². The van der Waals surface area contributed by atoms with E-state index in [1.807, 2.05) is 7.05 Å². The Morgan fingerprint density at radius 2 is 1.76 bits per heavy atom. The Balaban J connectivity index is 0.00000300. The van der Waals surface area contributed by atoms with E-state index in [0.29, 0.717) is 0 Å². The van der Waals surface area contributed by atoms with Gasteiger partial charge in [-0.05, 0) is 36.3 Å². The molecule has 0 aliphatic carbocycles. The monoisotopic (exact) mass is 516 g/mol. The van der Waals surface area contributed by atoms with E-state index in [9.17, 15) is 0 Å². The van der Waals surface area contributed by atoms with Crippen molar-refractivity contribution >= 4 is 29.9 Å². The highest BCUT2D eigenvalue weighted by Gasteiger charge is 2.16. The second kappa shape index (κ2) is 13.4. The Bertz CT molecular complexity index is 617. The molecule has 164 valence electrons. The Hall–Kier alpha value is -0.900. The van der Waals surface area contributed by atoms with Crippen LogP contribution in [0.4, 0.5) is 0 Å². The molecule has 29 heavy (non-hydrogen) atoms. The molecular formula is C22H37IN4O2. The third kappa shape index (κ3) is 8.03. The van der Waals surface area contributed by atoms with Crippen LogP contribution in [0.2, 0.25) is 0 Å². The van der Waals surface area contributed by atoms with Gasteiger partial charge in [0.25, 0.3) is 0 Å². The first-order valence-electron chi connectivity index (χ1n) is 10.6. The molecule has 2 aliphatic heterocycles. The number of nitrogens with one attached hydrogen (secondary N) is 1. The normalized spacial score (nSPS) is 18.9. The van der Waals surface area contributed by atoms with Crippen molar-refractivity contribution in [1.29, 1.82) is 0 Å². The highest BCUT2D eigenvalue weighted by Crippen LogP contribution is 2.18. The molecule has 0 radical (unpaired) electrons. The van der Waals surface area contributed by atoms with Gasteiger partial charge in [-0.15, -0.1) is 24.0 Å². The summed E-state index contributed by atoms with van der Waals surface area (Å²) in [5.41, 5.74) is 2.73. The molecule has 1 N–H and O–H groups in total. The van der Waals surface area contributed by atoms with Crippen LogP contribution in [0.15, 0.2) is 29.3 Å². The Morgan fingerprint density at radius 3 is 2.45 bits per heavy atom. The molecule has 2 heterocycles. The van der Waals surface area contributed by atoms with Crippen LogP contribution >= 0.6 is 24.0 Å². The fraction of sp³-hybridized carbons (Fsp3) is 0.682. The van der Waals surface area contributed by atoms with E-state index < -0.39 is 0 Å². The number of aliphatic imine (C=N–C) groups is 1. The van der Waals surface area contributed by atoms with Gasteiger partial charge in [0.2, 0.25) is 0 Å². The molecule has 2 aliphatic rings. The lowest BCUT2D eigenvalue weighted by molar-refractivity contribution is 0.0341. The van der Waals surface area contributed by atoms with Crippen LogP contribution in [-0.4, -0.2) is 75.9 Å². The molecule has 0 unspecified atom stereocenters. The zero-order valence-corrected chi connectivity index (χ0v) is 20.3. The minimum atomic E-state index is 0. The summed E-state index contributed by atoms with van der Waals surface area (Å²) in [5.74, 6) is 1.75. The van der Waals surface area contributed by atoms with Crippen LogP contribution in [0.1, 0.15) is 30.4 Å². The topological polar surface area (TPSA) is 49.3 Å². The number of rotatable bonds is 7. The highest BCUT2D eigenvalue weighted by atomic mass is 127. The van der Waals surface area contributed by atoms with Crippen LogP contribution in [0.3, 0.4) is 0 Å². The highest BCUT2D eigenvalue weighted by molar-refractivity contribution is 14.0. The van der Waals surface area contributed by atoms with Crippen molar-refractivity contribution in [2.24, 2.45) is 10.9 Å². The van der Waals surface area contributed by atoms with E-state index in [-0.39, 0.29) is 24.0 Å². The zero-order valence-electron chi connectivity index (χ0n) is 17.9. The van der Waals surface area contributed by atoms with Crippen LogP contribution in [0, 0.1) is 5.92 Å². The predicted molar refractivity (Wildman–Crippen MR) is 129 cm³/mol. The average molecular weight is 516 g/mol. The lowest BCUT2D eigenvalue weighted by Crippen LogP contribution is -2.40. The van der Waals surface area contributed by atoms with Gasteiger partial charge in [0.1, 0.15) is 0 Å². The third-order valence-electron chi connectivity index (χ3n) is 5.84. The summed E-state index contributed by atoms with van der Waals surface area (Å²) in [6.45, 7) is 8.35. The second-order valence-corrected chi connectivity index (χ2v) is 7.82. The number of hydrogen-bond acceptors (Lipinski definition) is 4. The van der Waals surface area contributed by atoms with Gasteiger partial charge in [-0.25, -0.2) is 0 Å². The largest absolute Gasteiger partial charge is 0.381 e. The van der Waals surface area contributed by atoms with Gasteiger partial charge in [-0.3, -0.25) is 9.89 Å². The predicted octanol–water partition coefficient (Wildman–Crippen LogP) is 2.96. The molecule has 0 atom stereocenters. The number of halogens is 1. The minimum absolute atomic E-state index is 0. The van der Waals surface area contributed by atoms with Crippen LogP contribution < -0.4 is 5.32 Å². The summed E-state index contributed by atoms with van der Waals surface area (Å²) in [6.07, 6.45) is 3.58. The second-order valence-electron chi connectivity index (χ2n) is 7.82. The summed E-state index contributed by atoms with van der Waals surface area (Å²) in [7, 11) is 4.00. The number of nitrogens with zero attached hydrogens (tertiary/aromatic N) is 3. The summed E-state index contributed by atoms with van der Waals surface area (Å²) >= 11 is 0. The molecule has 3 rings (SSSR count). The van der Waals surface area contributed by atoms with Crippen LogP contribution in [-0.2, 0) is 22.6 Å². The number of guanidine groups is 1. The number of benzene rings is 1. The molecule has 6 nitrogen and oxygen atoms in total. The summed E-state index contributed by atoms with van der Waals surface area (Å²) in [6, 6.07) is 8.72. The van der Waals surface area contributed by atoms with Crippen molar-refractivity contribution in [1.82, 2.24) is 15.1 Å². The SMILES string of the molecule is CN=C(NCc1ccccc1CN1CCOCC1)N(C)CCC1CCOCC1.I. The van der Waals surface area contributed by atoms with E-state index >= 15 is 0 Å². The van der Waals surface area contributed by atoms with Gasteiger partial charge in [0.05, 0.1) is 13.2 Å². The van der Waals surface area contributed by atoms with Crippen molar-refractivity contribution in [3.8, 4) is 0 Å². The molecule has 7 heteroatoms. The quantitative estimate of drug-likeness (QED) is 0.343. The van der Waals surface area contributed by atoms with Crippen molar-refractivity contribution in [3.63, 3.8) is 0 Å². The van der Waals surface area contributed by atoms with Crippen molar-refractivity contribution in [2.75, 3.05) is 60.2 Å². The third-order valence-corrected chi connectivity index (χ3v) is 5.84. The van der Waals surface area contributed by atoms with Crippen molar-refractivity contribution in [3.05, 3.63) is 35.4 Å². The van der Waals surface area contributed by atoms with Crippen LogP contribution in [0.5, 0.6) is 0 Å². The molecule has 0 spiro atoms. The maximum atomic E-state index is 5.47. The fourth-order valence-corrected chi connectivity index (χ4v) is 3.96. The Kier molecular flexibility index (Phi) is 11.3. The van der Waals surface area contributed by atoms with Gasteiger partial charge in [0.15, 0.2) is 5.96 Å². The van der Waals surface area contributed by atoms with Gasteiger partial charge in [-0.1, -0.05) is 24.3 Å². The average Bonchev–Trinajstić information content (AvgIpc) is 2.75. The standard InChI is InChI=1S/C22H36N4O2.HI/c1-23-22(25(2)10-7-19-8-13-27-14-9-19)24-17-20-5-3-4-6-21(20)18-26-11-15-28-16-12-26;/h3-6,19H,7-18H2,1-2H3,(H,23,24);1H. The maximum absolute atomic E-state index is 5.47. The number of hydrogen-bond donors (Lipinski definition) is 1. The first-order valence-corrected chi connectivity index (χ1v) is 10.6. The molecule has 1 aromatic rings. The zero-order chi connectivity index (χ0) is 19.6. The van der Waals surface area contributed by atoms with Gasteiger partial charge in [0, 0.05) is 60.0 Å². The molecule has 2 saturated heterocycles. The summed E-state index contributed by atoms with van der Waals surface area (Å²) in [5, 5.41) is 3.56. The molecule has 1 aromatic carbocycles. The molecular weight excluding hydrogens is 479 g/mol. The van der Waals surface area contributed by atoms with E-state index in [1.54, 1.807) is 0 Å². The molecule has 2 fully saturated rings. The van der Waals surface area contributed by atoms with Crippen LogP contribution in [0.25, 0.3) is 0 Å². The summed E-state index contributed by atoms with van der Waals surface area (Å²) in [4.78, 5) is 9.21. The smallest absolute Gasteiger partial charge is 0.193 e. The van der Waals surface area contributed by atoms with Crippen molar-refractivity contribution in [2.45, 2.75) is 32.4 Å². The van der Waals surface area contributed by atoms with E-state index in [1.165, 1.54) is 30.4 Å². The molecule has 0 bridgehead atoms. The minimum Gasteiger partial charge on any atom is -0.381 e. The first kappa shape index (κ1) is 24.4. The molecule has 0 aromatic heterocycles. The lowest BCUT2D eigenvalue weighted by Gasteiger charge is -2.28. The number of ether oxygens (including phenoxy) is 2. The summed E-state index contributed by atoms with van der Waals surface area (Å²) < 4.78 is 10.9. The van der Waals surface area contributed by atoms with Crippen molar-refractivity contribution < 1.29 is 9.47 Å². The fourth-order valence-electron chi connectivity index (χ4n) is 3.96. The first-order chi connectivity index (χ1) is 13.8. The molecule has 0 saturated carbocycles. The lowest BCUT2D eigenvalue weighted by atomic mass is 9.96. The van der Waals surface area contributed by atoms with Gasteiger partial charge >= 0.3 is 0 Å². The Morgan fingerprint density at radius 1 is 1.10 bits per heavy atom. The van der Waals surface area contributed by atoms with E-state index in [2.05, 4.69) is 51.4 Å². The Labute approximate surface area is 193 Å². The maximum Gasteiger partial charge on any atom is 0.193 e. The van der Waals surface area contributed by atoms with E-state index in [0.717, 1.165) is 71.0 Å².